The van der Waals surface area contributed by atoms with Gasteiger partial charge in [0.05, 0.1) is 0 Å². The predicted octanol–water partition coefficient (Wildman–Crippen LogP) is 4.31. The van der Waals surface area contributed by atoms with Gasteiger partial charge in [0, 0.05) is 24.6 Å². The maximum absolute atomic E-state index is 6.17. The van der Waals surface area contributed by atoms with Crippen LogP contribution in [0.15, 0.2) is 18.2 Å². The topological polar surface area (TPSA) is 21.3 Å². The van der Waals surface area contributed by atoms with Crippen molar-refractivity contribution in [1.82, 2.24) is 5.32 Å². The molecule has 1 heterocycles. The summed E-state index contributed by atoms with van der Waals surface area (Å²) in [6, 6.07) is 7.25. The lowest BCUT2D eigenvalue weighted by Crippen LogP contribution is -2.40. The molecular weight excluding hydrogens is 258 g/mol. The highest BCUT2D eigenvalue weighted by molar-refractivity contribution is 5.45. The van der Waals surface area contributed by atoms with Gasteiger partial charge in [0.1, 0.15) is 11.4 Å². The molecule has 0 radical (unpaired) electrons. The Hall–Kier alpha value is -1.02. The SMILES string of the molecule is CC1CCCC(NCc2cccc3c2OC(C)(C)C3)C1C. The molecule has 1 aliphatic heterocycles. The van der Waals surface area contributed by atoms with Gasteiger partial charge in [-0.15, -0.1) is 0 Å². The van der Waals surface area contributed by atoms with Crippen LogP contribution in [0.2, 0.25) is 0 Å². The number of benzene rings is 1. The summed E-state index contributed by atoms with van der Waals surface area (Å²) in [6.45, 7) is 10.1. The summed E-state index contributed by atoms with van der Waals surface area (Å²) in [5.74, 6) is 2.74. The van der Waals surface area contributed by atoms with Crippen LogP contribution in [0.3, 0.4) is 0 Å². The highest BCUT2D eigenvalue weighted by Crippen LogP contribution is 2.38. The molecule has 1 N–H and O–H groups in total. The summed E-state index contributed by atoms with van der Waals surface area (Å²) in [5.41, 5.74) is 2.64. The first-order valence-corrected chi connectivity index (χ1v) is 8.49. The normalized spacial score (nSPS) is 30.8. The minimum atomic E-state index is -0.0505. The molecule has 116 valence electrons. The quantitative estimate of drug-likeness (QED) is 0.894. The number of rotatable bonds is 3. The van der Waals surface area contributed by atoms with Crippen molar-refractivity contribution in [2.24, 2.45) is 11.8 Å². The summed E-state index contributed by atoms with van der Waals surface area (Å²) >= 11 is 0. The zero-order valence-corrected chi connectivity index (χ0v) is 13.9. The van der Waals surface area contributed by atoms with Gasteiger partial charge in [-0.05, 0) is 37.7 Å². The van der Waals surface area contributed by atoms with E-state index in [0.717, 1.165) is 30.6 Å². The Labute approximate surface area is 129 Å². The molecule has 2 nitrogen and oxygen atoms in total. The van der Waals surface area contributed by atoms with Crippen LogP contribution in [-0.2, 0) is 13.0 Å². The molecule has 0 bridgehead atoms. The van der Waals surface area contributed by atoms with Gasteiger partial charge in [-0.2, -0.15) is 0 Å². The van der Waals surface area contributed by atoms with Crippen molar-refractivity contribution in [1.29, 1.82) is 0 Å². The first-order chi connectivity index (χ1) is 9.96. The van der Waals surface area contributed by atoms with Gasteiger partial charge >= 0.3 is 0 Å². The molecule has 0 saturated heterocycles. The zero-order valence-electron chi connectivity index (χ0n) is 13.9. The Balaban J connectivity index is 1.68. The molecule has 3 rings (SSSR count). The third kappa shape index (κ3) is 3.11. The molecule has 2 aliphatic rings. The van der Waals surface area contributed by atoms with Crippen LogP contribution in [0, 0.1) is 11.8 Å². The van der Waals surface area contributed by atoms with Gasteiger partial charge < -0.3 is 10.1 Å². The smallest absolute Gasteiger partial charge is 0.127 e. The van der Waals surface area contributed by atoms with E-state index in [9.17, 15) is 0 Å². The lowest BCUT2D eigenvalue weighted by atomic mass is 9.78. The van der Waals surface area contributed by atoms with Crippen LogP contribution >= 0.6 is 0 Å². The summed E-state index contributed by atoms with van der Waals surface area (Å²) in [6.07, 6.45) is 5.08. The van der Waals surface area contributed by atoms with E-state index in [1.54, 1.807) is 0 Å². The van der Waals surface area contributed by atoms with Crippen molar-refractivity contribution in [2.75, 3.05) is 0 Å². The van der Waals surface area contributed by atoms with E-state index in [1.165, 1.54) is 30.4 Å². The summed E-state index contributed by atoms with van der Waals surface area (Å²) in [7, 11) is 0. The molecule has 1 fully saturated rings. The average molecular weight is 287 g/mol. The minimum absolute atomic E-state index is 0.0505. The highest BCUT2D eigenvalue weighted by atomic mass is 16.5. The number of hydrogen-bond donors (Lipinski definition) is 1. The summed E-state index contributed by atoms with van der Waals surface area (Å²) in [4.78, 5) is 0. The highest BCUT2D eigenvalue weighted by Gasteiger charge is 2.32. The Morgan fingerprint density at radius 2 is 2.05 bits per heavy atom. The molecule has 1 aliphatic carbocycles. The number of fused-ring (bicyclic) bond motifs is 1. The Morgan fingerprint density at radius 1 is 1.24 bits per heavy atom. The first kappa shape index (κ1) is 14.9. The number of hydrogen-bond acceptors (Lipinski definition) is 2. The van der Waals surface area contributed by atoms with Crippen molar-refractivity contribution < 1.29 is 4.74 Å². The van der Waals surface area contributed by atoms with Crippen LogP contribution < -0.4 is 10.1 Å². The molecule has 1 aromatic rings. The van der Waals surface area contributed by atoms with Crippen LogP contribution in [0.5, 0.6) is 5.75 Å². The van der Waals surface area contributed by atoms with Crippen molar-refractivity contribution in [2.45, 2.75) is 71.6 Å². The third-order valence-corrected chi connectivity index (χ3v) is 5.43. The lowest BCUT2D eigenvalue weighted by molar-refractivity contribution is 0.136. The van der Waals surface area contributed by atoms with Crippen molar-refractivity contribution >= 4 is 0 Å². The van der Waals surface area contributed by atoms with Crippen LogP contribution in [0.25, 0.3) is 0 Å². The molecule has 0 spiro atoms. The molecule has 1 saturated carbocycles. The second-order valence-electron chi connectivity index (χ2n) is 7.70. The molecule has 0 amide bonds. The van der Waals surface area contributed by atoms with Gasteiger partial charge in [0.15, 0.2) is 0 Å². The number of nitrogens with one attached hydrogen (secondary N) is 1. The van der Waals surface area contributed by atoms with Gasteiger partial charge in [0.2, 0.25) is 0 Å². The maximum Gasteiger partial charge on any atom is 0.127 e. The molecule has 21 heavy (non-hydrogen) atoms. The van der Waals surface area contributed by atoms with Crippen molar-refractivity contribution in [3.8, 4) is 5.75 Å². The van der Waals surface area contributed by atoms with Gasteiger partial charge in [-0.3, -0.25) is 0 Å². The Morgan fingerprint density at radius 3 is 2.86 bits per heavy atom. The molecule has 3 unspecified atom stereocenters. The van der Waals surface area contributed by atoms with Crippen molar-refractivity contribution in [3.63, 3.8) is 0 Å². The third-order valence-electron chi connectivity index (χ3n) is 5.43. The second-order valence-corrected chi connectivity index (χ2v) is 7.70. The summed E-state index contributed by atoms with van der Waals surface area (Å²) in [5, 5.41) is 3.80. The van der Waals surface area contributed by atoms with Crippen LogP contribution in [0.1, 0.15) is 58.1 Å². The Kier molecular flexibility index (Phi) is 4.00. The molecular formula is C19H29NO. The molecule has 3 atom stereocenters. The fourth-order valence-electron chi connectivity index (χ4n) is 3.93. The van der Waals surface area contributed by atoms with Crippen LogP contribution in [0.4, 0.5) is 0 Å². The largest absolute Gasteiger partial charge is 0.487 e. The standard InChI is InChI=1S/C19H29NO/c1-13-7-5-10-17(14(13)2)20-12-16-9-6-8-15-11-19(3,4)21-18(15)16/h6,8-9,13-14,17,20H,5,7,10-12H2,1-4H3. The van der Waals surface area contributed by atoms with E-state index < -0.39 is 0 Å². The second kappa shape index (κ2) is 5.64. The fraction of sp³-hybridized carbons (Fsp3) is 0.684. The summed E-state index contributed by atoms with van der Waals surface area (Å²) < 4.78 is 6.17. The monoisotopic (exact) mass is 287 g/mol. The average Bonchev–Trinajstić information content (AvgIpc) is 2.75. The molecule has 0 aromatic heterocycles. The van der Waals surface area contributed by atoms with Crippen molar-refractivity contribution in [3.05, 3.63) is 29.3 Å². The van der Waals surface area contributed by atoms with Gasteiger partial charge in [-0.25, -0.2) is 0 Å². The van der Waals surface area contributed by atoms with E-state index in [0.29, 0.717) is 6.04 Å². The lowest BCUT2D eigenvalue weighted by Gasteiger charge is -2.35. The zero-order chi connectivity index (χ0) is 15.0. The van der Waals surface area contributed by atoms with E-state index in [2.05, 4.69) is 51.2 Å². The minimum Gasteiger partial charge on any atom is -0.487 e. The van der Waals surface area contributed by atoms with E-state index in [1.807, 2.05) is 0 Å². The van der Waals surface area contributed by atoms with Gasteiger partial charge in [0.25, 0.3) is 0 Å². The van der Waals surface area contributed by atoms with Crippen LogP contribution in [-0.4, -0.2) is 11.6 Å². The molecule has 2 heteroatoms. The number of para-hydroxylation sites is 1. The number of ether oxygens (including phenoxy) is 1. The van der Waals surface area contributed by atoms with Gasteiger partial charge in [-0.1, -0.05) is 44.9 Å². The maximum atomic E-state index is 6.17. The van der Waals surface area contributed by atoms with E-state index in [4.69, 9.17) is 4.74 Å². The fourth-order valence-corrected chi connectivity index (χ4v) is 3.93. The molecule has 1 aromatic carbocycles. The van der Waals surface area contributed by atoms with E-state index >= 15 is 0 Å². The predicted molar refractivity (Wildman–Crippen MR) is 87.7 cm³/mol. The van der Waals surface area contributed by atoms with E-state index in [-0.39, 0.29) is 5.60 Å². The Bertz CT molecular complexity index is 508. The first-order valence-electron chi connectivity index (χ1n) is 8.49.